The van der Waals surface area contributed by atoms with E-state index in [4.69, 9.17) is 0 Å². The molecule has 0 saturated heterocycles. The van der Waals surface area contributed by atoms with E-state index in [0.29, 0.717) is 11.3 Å². The number of hydrogen-bond acceptors (Lipinski definition) is 6. The summed E-state index contributed by atoms with van der Waals surface area (Å²) in [5, 5.41) is 21.9. The Kier molecular flexibility index (Phi) is 0.793. The molecule has 0 amide bonds. The number of hydrogen-bond donors (Lipinski definition) is 0. The Morgan fingerprint density at radius 3 is 1.83 bits per heavy atom. The van der Waals surface area contributed by atoms with Gasteiger partial charge in [-0.05, 0) is 20.9 Å². The van der Waals surface area contributed by atoms with Gasteiger partial charge in [-0.15, -0.1) is 10.2 Å². The number of aromatic nitrogens is 8. The van der Waals surface area contributed by atoms with Crippen molar-refractivity contribution in [2.75, 3.05) is 0 Å². The van der Waals surface area contributed by atoms with Gasteiger partial charge in [-0.25, -0.2) is 0 Å². The van der Waals surface area contributed by atoms with Crippen molar-refractivity contribution in [3.8, 4) is 0 Å². The average molecular weight is 162 g/mol. The molecular weight excluding hydrogens is 160 g/mol. The normalized spacial score (nSPS) is 11.3. The van der Waals surface area contributed by atoms with Gasteiger partial charge in [0.25, 0.3) is 0 Å². The van der Waals surface area contributed by atoms with E-state index < -0.39 is 0 Å². The zero-order valence-electron chi connectivity index (χ0n) is 5.73. The summed E-state index contributed by atoms with van der Waals surface area (Å²) in [6.07, 6.45) is 3.36. The maximum absolute atomic E-state index is 3.76. The van der Waals surface area contributed by atoms with E-state index in [2.05, 4.69) is 31.1 Å². The van der Waals surface area contributed by atoms with Gasteiger partial charge in [0.05, 0.1) is 12.4 Å². The summed E-state index contributed by atoms with van der Waals surface area (Å²) in [7, 11) is 0. The summed E-state index contributed by atoms with van der Waals surface area (Å²) in [5.41, 5.74) is 1.09. The van der Waals surface area contributed by atoms with Crippen molar-refractivity contribution in [2.24, 2.45) is 0 Å². The topological polar surface area (TPSA) is 86.2 Å². The maximum Gasteiger partial charge on any atom is 0.226 e. The minimum Gasteiger partial charge on any atom is -0.196 e. The summed E-state index contributed by atoms with van der Waals surface area (Å²) in [4.78, 5) is 0. The molecule has 12 heavy (non-hydrogen) atoms. The third kappa shape index (κ3) is 0.516. The Bertz CT molecular complexity index is 484. The first-order chi connectivity index (χ1) is 5.95. The molecule has 0 saturated carbocycles. The monoisotopic (exact) mass is 162 g/mol. The highest BCUT2D eigenvalue weighted by atomic mass is 15.6. The van der Waals surface area contributed by atoms with E-state index in [9.17, 15) is 0 Å². The fraction of sp³-hybridized carbons (Fsp3) is 0. The average Bonchev–Trinajstić information content (AvgIpc) is 2.71. The molecule has 0 aliphatic rings. The lowest BCUT2D eigenvalue weighted by Gasteiger charge is -1.88. The van der Waals surface area contributed by atoms with Gasteiger partial charge in [0, 0.05) is 0 Å². The van der Waals surface area contributed by atoms with Crippen molar-refractivity contribution in [1.29, 1.82) is 0 Å². The van der Waals surface area contributed by atoms with Crippen LogP contribution in [-0.2, 0) is 0 Å². The molecule has 0 fully saturated rings. The predicted molar refractivity (Wildman–Crippen MR) is 35.1 cm³/mol. The number of rotatable bonds is 0. The van der Waals surface area contributed by atoms with Gasteiger partial charge >= 0.3 is 0 Å². The third-order valence-electron chi connectivity index (χ3n) is 1.53. The summed E-state index contributed by atoms with van der Waals surface area (Å²) in [6, 6.07) is 0. The Labute approximate surface area is 64.8 Å². The largest absolute Gasteiger partial charge is 0.226 e. The van der Waals surface area contributed by atoms with Crippen molar-refractivity contribution in [3.05, 3.63) is 12.4 Å². The van der Waals surface area contributed by atoms with E-state index >= 15 is 0 Å². The van der Waals surface area contributed by atoms with Gasteiger partial charge in [0.1, 0.15) is 0 Å². The number of fused-ring (bicyclic) bond motifs is 3. The van der Waals surface area contributed by atoms with Crippen LogP contribution in [0.3, 0.4) is 0 Å². The minimum absolute atomic E-state index is 0.544. The molecule has 3 aromatic heterocycles. The molecule has 3 rings (SSSR count). The van der Waals surface area contributed by atoms with E-state index in [0.717, 1.165) is 0 Å². The molecule has 3 heterocycles. The SMILES string of the molecule is c1cn2nnnc2c2nnnn12. The molecule has 8 nitrogen and oxygen atoms in total. The zero-order chi connectivity index (χ0) is 7.97. The van der Waals surface area contributed by atoms with Gasteiger partial charge in [0.2, 0.25) is 11.3 Å². The van der Waals surface area contributed by atoms with Crippen LogP contribution in [-0.4, -0.2) is 40.1 Å². The van der Waals surface area contributed by atoms with Gasteiger partial charge in [-0.2, -0.15) is 9.03 Å². The second-order valence-corrected chi connectivity index (χ2v) is 2.19. The molecule has 0 N–H and O–H groups in total. The lowest BCUT2D eigenvalue weighted by Crippen LogP contribution is -1.93. The summed E-state index contributed by atoms with van der Waals surface area (Å²) in [5.74, 6) is 0. The standard InChI is InChI=1S/C4H2N8/c1-2-12-4(6-8-10-12)3-5-7-9-11(1)3/h1-2H. The van der Waals surface area contributed by atoms with Gasteiger partial charge in [0.15, 0.2) is 0 Å². The van der Waals surface area contributed by atoms with Crippen LogP contribution in [0.4, 0.5) is 0 Å². The van der Waals surface area contributed by atoms with Crippen LogP contribution in [0.5, 0.6) is 0 Å². The molecule has 0 radical (unpaired) electrons. The van der Waals surface area contributed by atoms with E-state index in [1.807, 2.05) is 0 Å². The molecule has 8 heteroatoms. The van der Waals surface area contributed by atoms with Gasteiger partial charge < -0.3 is 0 Å². The molecule has 0 atom stereocenters. The molecular formula is C4H2N8. The first-order valence-electron chi connectivity index (χ1n) is 3.19. The maximum atomic E-state index is 3.76. The molecule has 0 spiro atoms. The Morgan fingerprint density at radius 2 is 1.33 bits per heavy atom. The lowest BCUT2D eigenvalue weighted by molar-refractivity contribution is 0.796. The molecule has 0 aliphatic heterocycles. The second-order valence-electron chi connectivity index (χ2n) is 2.19. The summed E-state index contributed by atoms with van der Waals surface area (Å²) >= 11 is 0. The van der Waals surface area contributed by atoms with Gasteiger partial charge in [-0.3, -0.25) is 0 Å². The van der Waals surface area contributed by atoms with Crippen LogP contribution in [0, 0.1) is 0 Å². The predicted octanol–water partition coefficient (Wildman–Crippen LogP) is -1.44. The molecule has 58 valence electrons. The highest BCUT2D eigenvalue weighted by Gasteiger charge is 2.05. The highest BCUT2D eigenvalue weighted by Crippen LogP contribution is 2.01. The molecule has 0 aromatic carbocycles. The first-order valence-corrected chi connectivity index (χ1v) is 3.19. The fourth-order valence-electron chi connectivity index (χ4n) is 1.01. The molecule has 0 bridgehead atoms. The van der Waals surface area contributed by atoms with Crippen LogP contribution >= 0.6 is 0 Å². The lowest BCUT2D eigenvalue weighted by atomic mass is 10.6. The summed E-state index contributed by atoms with van der Waals surface area (Å²) in [6.45, 7) is 0. The van der Waals surface area contributed by atoms with Crippen LogP contribution in [0.15, 0.2) is 12.4 Å². The Balaban J connectivity index is 2.71. The molecule has 0 aliphatic carbocycles. The first kappa shape index (κ1) is 5.52. The Morgan fingerprint density at radius 1 is 0.833 bits per heavy atom. The highest BCUT2D eigenvalue weighted by molar-refractivity contribution is 5.62. The smallest absolute Gasteiger partial charge is 0.196 e. The zero-order valence-corrected chi connectivity index (χ0v) is 5.73. The fourth-order valence-corrected chi connectivity index (χ4v) is 1.01. The van der Waals surface area contributed by atoms with Crippen LogP contribution < -0.4 is 0 Å². The van der Waals surface area contributed by atoms with Crippen molar-refractivity contribution in [2.45, 2.75) is 0 Å². The van der Waals surface area contributed by atoms with Crippen molar-refractivity contribution in [1.82, 2.24) is 40.1 Å². The van der Waals surface area contributed by atoms with Crippen LogP contribution in [0.25, 0.3) is 11.3 Å². The summed E-state index contributed by atoms with van der Waals surface area (Å²) < 4.78 is 3.01. The van der Waals surface area contributed by atoms with Crippen molar-refractivity contribution in [3.63, 3.8) is 0 Å². The number of tetrazole rings is 2. The number of nitrogens with zero attached hydrogens (tertiary/aromatic N) is 8. The van der Waals surface area contributed by atoms with Crippen molar-refractivity contribution < 1.29 is 0 Å². The van der Waals surface area contributed by atoms with E-state index in [1.54, 1.807) is 12.4 Å². The van der Waals surface area contributed by atoms with Gasteiger partial charge in [-0.1, -0.05) is 0 Å². The molecule has 3 aromatic rings. The van der Waals surface area contributed by atoms with E-state index in [-0.39, 0.29) is 0 Å². The minimum atomic E-state index is 0.544. The van der Waals surface area contributed by atoms with Crippen LogP contribution in [0.1, 0.15) is 0 Å². The molecule has 0 unspecified atom stereocenters. The van der Waals surface area contributed by atoms with E-state index in [1.165, 1.54) is 9.03 Å². The second kappa shape index (κ2) is 1.72. The van der Waals surface area contributed by atoms with Crippen molar-refractivity contribution >= 4 is 11.3 Å². The quantitative estimate of drug-likeness (QED) is 0.402. The third-order valence-corrected chi connectivity index (χ3v) is 1.53. The Hall–Kier alpha value is -2.12. The van der Waals surface area contributed by atoms with Crippen LogP contribution in [0.2, 0.25) is 0 Å².